The van der Waals surface area contributed by atoms with Crippen molar-refractivity contribution < 1.29 is 14.9 Å². The highest BCUT2D eigenvalue weighted by molar-refractivity contribution is 9.11. The zero-order valence-corrected chi connectivity index (χ0v) is 11.4. The van der Waals surface area contributed by atoms with Crippen LogP contribution in [0.1, 0.15) is 18.2 Å². The highest BCUT2D eigenvalue weighted by Gasteiger charge is 2.35. The Kier molecular flexibility index (Phi) is 4.35. The third-order valence-corrected chi connectivity index (χ3v) is 3.20. The Morgan fingerprint density at radius 1 is 1.58 bits per heavy atom. The van der Waals surface area contributed by atoms with Crippen LogP contribution in [0.3, 0.4) is 0 Å². The molecule has 1 aromatic rings. The molecule has 3 atom stereocenters. The van der Waals surface area contributed by atoms with Crippen molar-refractivity contribution in [2.75, 3.05) is 6.61 Å². The summed E-state index contributed by atoms with van der Waals surface area (Å²) in [5.41, 5.74) is -0.844. The predicted octanol–water partition coefficient (Wildman–Crippen LogP) is -0.457. The van der Waals surface area contributed by atoms with E-state index in [-0.39, 0.29) is 18.6 Å². The van der Waals surface area contributed by atoms with Gasteiger partial charge < -0.3 is 14.9 Å². The number of ether oxygens (including phenoxy) is 1. The van der Waals surface area contributed by atoms with E-state index in [4.69, 9.17) is 9.84 Å². The molecule has 19 heavy (non-hydrogen) atoms. The van der Waals surface area contributed by atoms with Gasteiger partial charge in [0.15, 0.2) is 0 Å². The number of nitrogens with zero attached hydrogens (tertiary/aromatic N) is 1. The van der Waals surface area contributed by atoms with Gasteiger partial charge in [-0.3, -0.25) is 14.3 Å². The molecule has 2 heterocycles. The number of nitrogens with one attached hydrogen (secondary N) is 1. The molecule has 0 saturated carbocycles. The molecule has 1 aliphatic rings. The number of hydrogen-bond acceptors (Lipinski definition) is 5. The van der Waals surface area contributed by atoms with E-state index in [1.165, 1.54) is 21.8 Å². The molecule has 2 rings (SSSR count). The lowest BCUT2D eigenvalue weighted by Gasteiger charge is -2.14. The number of H-pyrrole nitrogens is 1. The van der Waals surface area contributed by atoms with Crippen LogP contribution in [0.4, 0.5) is 0 Å². The summed E-state index contributed by atoms with van der Waals surface area (Å²) >= 11 is 3.05. The molecular weight excluding hydrogens is 320 g/mol. The van der Waals surface area contributed by atoms with Crippen molar-refractivity contribution in [3.8, 4) is 0 Å². The van der Waals surface area contributed by atoms with Crippen LogP contribution >= 0.6 is 15.9 Å². The summed E-state index contributed by atoms with van der Waals surface area (Å²) in [5, 5.41) is 18.7. The molecule has 0 radical (unpaired) electrons. The van der Waals surface area contributed by atoms with Crippen molar-refractivity contribution in [2.24, 2.45) is 0 Å². The maximum Gasteiger partial charge on any atom is 0.330 e. The molecule has 0 unspecified atom stereocenters. The van der Waals surface area contributed by atoms with Gasteiger partial charge in [-0.05, 0) is 11.1 Å². The molecule has 3 N–H and O–H groups in total. The SMILES string of the molecule is O=c1[nH]c(=O)n([C@H]2C[C@H](O)[C@@H](CO)O2)cc1/C=C\Br. The van der Waals surface area contributed by atoms with E-state index in [1.807, 2.05) is 0 Å². The summed E-state index contributed by atoms with van der Waals surface area (Å²) in [6, 6.07) is 0. The van der Waals surface area contributed by atoms with Gasteiger partial charge in [0.25, 0.3) is 5.56 Å². The van der Waals surface area contributed by atoms with Crippen molar-refractivity contribution in [1.82, 2.24) is 9.55 Å². The summed E-state index contributed by atoms with van der Waals surface area (Å²) < 4.78 is 6.56. The van der Waals surface area contributed by atoms with Gasteiger partial charge in [0, 0.05) is 12.6 Å². The van der Waals surface area contributed by atoms with E-state index in [0.717, 1.165) is 0 Å². The lowest BCUT2D eigenvalue weighted by Crippen LogP contribution is -2.33. The van der Waals surface area contributed by atoms with Crippen LogP contribution in [0.25, 0.3) is 6.08 Å². The average molecular weight is 333 g/mol. The van der Waals surface area contributed by atoms with Gasteiger partial charge in [-0.15, -0.1) is 0 Å². The van der Waals surface area contributed by atoms with Gasteiger partial charge in [-0.2, -0.15) is 0 Å². The summed E-state index contributed by atoms with van der Waals surface area (Å²) in [5.74, 6) is 0. The summed E-state index contributed by atoms with van der Waals surface area (Å²) in [7, 11) is 0. The fourth-order valence-corrected chi connectivity index (χ4v) is 2.24. The second-order valence-electron chi connectivity index (χ2n) is 4.16. The van der Waals surface area contributed by atoms with Crippen LogP contribution in [-0.4, -0.2) is 38.6 Å². The maximum absolute atomic E-state index is 11.7. The number of aliphatic hydroxyl groups excluding tert-OH is 2. The zero-order valence-electron chi connectivity index (χ0n) is 9.82. The molecule has 1 saturated heterocycles. The third kappa shape index (κ3) is 2.86. The van der Waals surface area contributed by atoms with Crippen LogP contribution in [0.2, 0.25) is 0 Å². The minimum Gasteiger partial charge on any atom is -0.394 e. The highest BCUT2D eigenvalue weighted by atomic mass is 79.9. The van der Waals surface area contributed by atoms with Crippen LogP contribution in [0.5, 0.6) is 0 Å². The van der Waals surface area contributed by atoms with E-state index in [9.17, 15) is 14.7 Å². The summed E-state index contributed by atoms with van der Waals surface area (Å²) in [6.07, 6.45) is 0.746. The Morgan fingerprint density at radius 3 is 2.89 bits per heavy atom. The first-order valence-corrected chi connectivity index (χ1v) is 6.55. The topological polar surface area (TPSA) is 105 Å². The maximum atomic E-state index is 11.7. The monoisotopic (exact) mass is 332 g/mol. The van der Waals surface area contributed by atoms with Crippen LogP contribution in [0.15, 0.2) is 20.8 Å². The second-order valence-corrected chi connectivity index (χ2v) is 4.69. The number of halogens is 1. The van der Waals surface area contributed by atoms with E-state index < -0.39 is 29.7 Å². The van der Waals surface area contributed by atoms with Gasteiger partial charge in [0.1, 0.15) is 12.3 Å². The predicted molar refractivity (Wildman–Crippen MR) is 70.9 cm³/mol. The zero-order chi connectivity index (χ0) is 14.0. The van der Waals surface area contributed by atoms with E-state index in [0.29, 0.717) is 0 Å². The van der Waals surface area contributed by atoms with Crippen LogP contribution in [0, 0.1) is 0 Å². The molecule has 7 nitrogen and oxygen atoms in total. The molecule has 1 aliphatic heterocycles. The molecule has 0 spiro atoms. The van der Waals surface area contributed by atoms with Crippen molar-refractivity contribution in [3.63, 3.8) is 0 Å². The van der Waals surface area contributed by atoms with Gasteiger partial charge >= 0.3 is 5.69 Å². The molecule has 1 aromatic heterocycles. The third-order valence-electron chi connectivity index (χ3n) is 2.93. The molecule has 8 heteroatoms. The van der Waals surface area contributed by atoms with Crippen LogP contribution in [-0.2, 0) is 4.74 Å². The van der Waals surface area contributed by atoms with Crippen molar-refractivity contribution in [3.05, 3.63) is 37.6 Å². The van der Waals surface area contributed by atoms with E-state index in [2.05, 4.69) is 20.9 Å². The lowest BCUT2D eigenvalue weighted by atomic mass is 10.2. The normalized spacial score (nSPS) is 27.2. The van der Waals surface area contributed by atoms with Gasteiger partial charge in [0.2, 0.25) is 0 Å². The smallest absolute Gasteiger partial charge is 0.330 e. The van der Waals surface area contributed by atoms with E-state index >= 15 is 0 Å². The Morgan fingerprint density at radius 2 is 2.32 bits per heavy atom. The first-order chi connectivity index (χ1) is 9.06. The second kappa shape index (κ2) is 5.83. The Labute approximate surface area is 116 Å². The lowest BCUT2D eigenvalue weighted by molar-refractivity contribution is -0.0459. The minimum absolute atomic E-state index is 0.175. The quantitative estimate of drug-likeness (QED) is 0.695. The molecule has 0 bridgehead atoms. The molecule has 0 aromatic carbocycles. The summed E-state index contributed by atoms with van der Waals surface area (Å²) in [4.78, 5) is 26.9. The fraction of sp³-hybridized carbons (Fsp3) is 0.455. The van der Waals surface area contributed by atoms with E-state index in [1.54, 1.807) is 0 Å². The van der Waals surface area contributed by atoms with Crippen molar-refractivity contribution in [2.45, 2.75) is 24.9 Å². The Balaban J connectivity index is 2.38. The molecule has 104 valence electrons. The highest BCUT2D eigenvalue weighted by Crippen LogP contribution is 2.27. The Bertz CT molecular complexity index is 593. The first-order valence-electron chi connectivity index (χ1n) is 5.63. The largest absolute Gasteiger partial charge is 0.394 e. The Hall–Kier alpha value is -1.22. The van der Waals surface area contributed by atoms with Crippen molar-refractivity contribution in [1.29, 1.82) is 0 Å². The first kappa shape index (κ1) is 14.2. The van der Waals surface area contributed by atoms with Gasteiger partial charge in [-0.1, -0.05) is 15.9 Å². The standard InChI is InChI=1S/C11H13BrN2O5/c12-2-1-6-4-14(11(18)13-10(6)17)9-3-7(16)8(5-15)19-9/h1-2,4,7-9,15-16H,3,5H2,(H,13,17,18)/b2-1-/t7-,8+,9+/m0/s1. The fourth-order valence-electron chi connectivity index (χ4n) is 1.95. The number of hydrogen-bond donors (Lipinski definition) is 3. The molecule has 0 amide bonds. The minimum atomic E-state index is -0.844. The average Bonchev–Trinajstić information content (AvgIpc) is 2.74. The number of aromatic amines is 1. The van der Waals surface area contributed by atoms with Crippen molar-refractivity contribution >= 4 is 22.0 Å². The number of aliphatic hydroxyl groups is 2. The number of rotatable bonds is 3. The summed E-state index contributed by atoms with van der Waals surface area (Å²) in [6.45, 7) is -0.329. The van der Waals surface area contributed by atoms with Gasteiger partial charge in [-0.25, -0.2) is 4.79 Å². The van der Waals surface area contributed by atoms with Gasteiger partial charge in [0.05, 0.1) is 18.3 Å². The molecule has 1 fully saturated rings. The molecule has 0 aliphatic carbocycles. The van der Waals surface area contributed by atoms with Crippen LogP contribution < -0.4 is 11.2 Å². The number of aromatic nitrogens is 2. The molecular formula is C11H13BrN2O5.